The molecule has 1 saturated heterocycles. The molecule has 0 amide bonds. The zero-order chi connectivity index (χ0) is 11.7. The topological polar surface area (TPSA) is 29.3 Å². The highest BCUT2D eigenvalue weighted by Gasteiger charge is 2.37. The third-order valence-electron chi connectivity index (χ3n) is 4.78. The molecule has 1 heterocycles. The molecule has 2 nitrogen and oxygen atoms in total. The largest absolute Gasteiger partial charge is 0.330 e. The maximum Gasteiger partial charge on any atom is 0.0141 e. The van der Waals surface area contributed by atoms with Gasteiger partial charge in [-0.25, -0.2) is 0 Å². The van der Waals surface area contributed by atoms with Crippen molar-refractivity contribution < 1.29 is 0 Å². The van der Waals surface area contributed by atoms with Crippen LogP contribution in [0.15, 0.2) is 0 Å². The van der Waals surface area contributed by atoms with Crippen LogP contribution in [0.2, 0.25) is 0 Å². The maximum atomic E-state index is 5.96. The van der Waals surface area contributed by atoms with Gasteiger partial charge in [-0.15, -0.1) is 0 Å². The Balaban J connectivity index is 2.04. The van der Waals surface area contributed by atoms with Crippen molar-refractivity contribution in [3.8, 4) is 0 Å². The van der Waals surface area contributed by atoms with Gasteiger partial charge in [0, 0.05) is 18.6 Å². The SMILES string of the molecule is CC1CCC(CN)C(N2CC(C)CC2C)C1. The zero-order valence-corrected chi connectivity index (χ0v) is 11.2. The van der Waals surface area contributed by atoms with E-state index in [1.165, 1.54) is 32.2 Å². The lowest BCUT2D eigenvalue weighted by Gasteiger charge is -2.42. The van der Waals surface area contributed by atoms with Gasteiger partial charge >= 0.3 is 0 Å². The monoisotopic (exact) mass is 224 g/mol. The van der Waals surface area contributed by atoms with E-state index in [2.05, 4.69) is 25.7 Å². The van der Waals surface area contributed by atoms with Gasteiger partial charge in [0.05, 0.1) is 0 Å². The van der Waals surface area contributed by atoms with Gasteiger partial charge in [-0.2, -0.15) is 0 Å². The fourth-order valence-corrected chi connectivity index (χ4v) is 3.89. The van der Waals surface area contributed by atoms with E-state index in [1.807, 2.05) is 0 Å². The first kappa shape index (κ1) is 12.4. The van der Waals surface area contributed by atoms with Crippen molar-refractivity contribution in [1.82, 2.24) is 4.90 Å². The number of hydrogen-bond donors (Lipinski definition) is 1. The van der Waals surface area contributed by atoms with Crippen LogP contribution in [0.4, 0.5) is 0 Å². The van der Waals surface area contributed by atoms with E-state index in [0.29, 0.717) is 0 Å². The average Bonchev–Trinajstić information content (AvgIpc) is 2.57. The van der Waals surface area contributed by atoms with E-state index in [4.69, 9.17) is 5.73 Å². The highest BCUT2D eigenvalue weighted by Crippen LogP contribution is 2.36. The summed E-state index contributed by atoms with van der Waals surface area (Å²) >= 11 is 0. The van der Waals surface area contributed by atoms with Crippen molar-refractivity contribution in [2.45, 2.75) is 58.5 Å². The second-order valence-electron chi connectivity index (χ2n) is 6.37. The van der Waals surface area contributed by atoms with Gasteiger partial charge in [0.1, 0.15) is 0 Å². The van der Waals surface area contributed by atoms with E-state index < -0.39 is 0 Å². The third kappa shape index (κ3) is 2.43. The van der Waals surface area contributed by atoms with E-state index in [1.54, 1.807) is 0 Å². The van der Waals surface area contributed by atoms with Crippen molar-refractivity contribution in [3.63, 3.8) is 0 Å². The van der Waals surface area contributed by atoms with Gasteiger partial charge in [-0.05, 0) is 50.5 Å². The molecule has 1 aliphatic heterocycles. The summed E-state index contributed by atoms with van der Waals surface area (Å²) in [4.78, 5) is 2.76. The van der Waals surface area contributed by atoms with E-state index in [9.17, 15) is 0 Å². The predicted octanol–water partition coefficient (Wildman–Crippen LogP) is 2.48. The fourth-order valence-electron chi connectivity index (χ4n) is 3.89. The second kappa shape index (κ2) is 5.05. The molecule has 0 bridgehead atoms. The van der Waals surface area contributed by atoms with Crippen molar-refractivity contribution in [3.05, 3.63) is 0 Å². The van der Waals surface area contributed by atoms with Gasteiger partial charge in [-0.3, -0.25) is 4.90 Å². The Kier molecular flexibility index (Phi) is 3.91. The molecule has 0 spiro atoms. The van der Waals surface area contributed by atoms with E-state index in [-0.39, 0.29) is 0 Å². The Labute approximate surface area is 101 Å². The normalized spacial score (nSPS) is 46.1. The number of nitrogens with zero attached hydrogens (tertiary/aromatic N) is 1. The Morgan fingerprint density at radius 3 is 2.38 bits per heavy atom. The number of likely N-dealkylation sites (tertiary alicyclic amines) is 1. The number of rotatable bonds is 2. The Morgan fingerprint density at radius 1 is 1.06 bits per heavy atom. The fraction of sp³-hybridized carbons (Fsp3) is 1.00. The minimum Gasteiger partial charge on any atom is -0.330 e. The molecule has 2 N–H and O–H groups in total. The molecule has 5 unspecified atom stereocenters. The molecule has 1 aliphatic carbocycles. The lowest BCUT2D eigenvalue weighted by atomic mass is 9.78. The molecule has 1 saturated carbocycles. The molecular formula is C14H28N2. The summed E-state index contributed by atoms with van der Waals surface area (Å²) in [5.74, 6) is 2.53. The second-order valence-corrected chi connectivity index (χ2v) is 6.37. The quantitative estimate of drug-likeness (QED) is 0.781. The lowest BCUT2D eigenvalue weighted by Crippen LogP contribution is -2.48. The minimum absolute atomic E-state index is 0.754. The molecule has 2 fully saturated rings. The summed E-state index contributed by atoms with van der Waals surface area (Å²) in [5, 5.41) is 0. The van der Waals surface area contributed by atoms with Crippen molar-refractivity contribution >= 4 is 0 Å². The molecule has 0 aromatic heterocycles. The van der Waals surface area contributed by atoms with Crippen LogP contribution in [0.25, 0.3) is 0 Å². The van der Waals surface area contributed by atoms with Crippen LogP contribution in [-0.4, -0.2) is 30.1 Å². The number of hydrogen-bond acceptors (Lipinski definition) is 2. The summed E-state index contributed by atoms with van der Waals surface area (Å²) in [6.07, 6.45) is 5.48. The van der Waals surface area contributed by atoms with Gasteiger partial charge in [-0.1, -0.05) is 20.3 Å². The minimum atomic E-state index is 0.754. The van der Waals surface area contributed by atoms with Gasteiger partial charge in [0.15, 0.2) is 0 Å². The first-order valence-electron chi connectivity index (χ1n) is 7.07. The average molecular weight is 224 g/mol. The van der Waals surface area contributed by atoms with E-state index in [0.717, 1.165) is 36.4 Å². The zero-order valence-electron chi connectivity index (χ0n) is 11.2. The van der Waals surface area contributed by atoms with E-state index >= 15 is 0 Å². The summed E-state index contributed by atoms with van der Waals surface area (Å²) in [5.41, 5.74) is 5.96. The summed E-state index contributed by atoms with van der Waals surface area (Å²) in [6, 6.07) is 1.55. The molecule has 16 heavy (non-hydrogen) atoms. The molecule has 94 valence electrons. The van der Waals surface area contributed by atoms with Crippen LogP contribution < -0.4 is 5.73 Å². The van der Waals surface area contributed by atoms with Crippen LogP contribution in [0, 0.1) is 17.8 Å². The number of nitrogens with two attached hydrogens (primary N) is 1. The molecule has 2 aliphatic rings. The van der Waals surface area contributed by atoms with Crippen LogP contribution in [-0.2, 0) is 0 Å². The standard InChI is InChI=1S/C14H28N2/c1-10-4-5-13(8-15)14(7-10)16-9-11(2)6-12(16)3/h10-14H,4-9,15H2,1-3H3. The molecule has 0 aromatic carbocycles. The smallest absolute Gasteiger partial charge is 0.0141 e. The molecule has 2 heteroatoms. The highest BCUT2D eigenvalue weighted by atomic mass is 15.2. The molecular weight excluding hydrogens is 196 g/mol. The molecule has 0 radical (unpaired) electrons. The summed E-state index contributed by atoms with van der Waals surface area (Å²) in [7, 11) is 0. The van der Waals surface area contributed by atoms with Crippen molar-refractivity contribution in [2.24, 2.45) is 23.5 Å². The van der Waals surface area contributed by atoms with Crippen LogP contribution in [0.1, 0.15) is 46.5 Å². The van der Waals surface area contributed by atoms with Crippen molar-refractivity contribution in [2.75, 3.05) is 13.1 Å². The first-order chi connectivity index (χ1) is 7.61. The van der Waals surface area contributed by atoms with Gasteiger partial charge < -0.3 is 5.73 Å². The highest BCUT2D eigenvalue weighted by molar-refractivity contribution is 4.92. The lowest BCUT2D eigenvalue weighted by molar-refractivity contribution is 0.0792. The molecule has 0 aromatic rings. The third-order valence-corrected chi connectivity index (χ3v) is 4.78. The summed E-state index contributed by atoms with van der Waals surface area (Å²) < 4.78 is 0. The first-order valence-corrected chi connectivity index (χ1v) is 7.07. The predicted molar refractivity (Wildman–Crippen MR) is 69.3 cm³/mol. The van der Waals surface area contributed by atoms with Crippen LogP contribution >= 0.6 is 0 Å². The molecule has 5 atom stereocenters. The Hall–Kier alpha value is -0.0800. The van der Waals surface area contributed by atoms with Gasteiger partial charge in [0.25, 0.3) is 0 Å². The Bertz CT molecular complexity index is 229. The van der Waals surface area contributed by atoms with Crippen LogP contribution in [0.5, 0.6) is 0 Å². The van der Waals surface area contributed by atoms with Gasteiger partial charge in [0.2, 0.25) is 0 Å². The Morgan fingerprint density at radius 2 is 1.81 bits per heavy atom. The maximum absolute atomic E-state index is 5.96. The van der Waals surface area contributed by atoms with Crippen molar-refractivity contribution in [1.29, 1.82) is 0 Å². The summed E-state index contributed by atoms with van der Waals surface area (Å²) in [6.45, 7) is 9.38. The van der Waals surface area contributed by atoms with Crippen LogP contribution in [0.3, 0.4) is 0 Å². The molecule has 2 rings (SSSR count).